The van der Waals surface area contributed by atoms with E-state index in [0.29, 0.717) is 38.7 Å². The zero-order valence-electron chi connectivity index (χ0n) is 13.8. The molecule has 0 heterocycles. The molecule has 0 unspecified atom stereocenters. The van der Waals surface area contributed by atoms with E-state index in [2.05, 4.69) is 5.32 Å². The lowest BCUT2D eigenvalue weighted by Crippen LogP contribution is -2.46. The third kappa shape index (κ3) is 6.70. The van der Waals surface area contributed by atoms with Gasteiger partial charge in [0.15, 0.2) is 0 Å². The first-order valence-corrected chi connectivity index (χ1v) is 9.85. The van der Waals surface area contributed by atoms with Gasteiger partial charge in [0.1, 0.15) is 0 Å². The summed E-state index contributed by atoms with van der Waals surface area (Å²) in [5.74, 6) is -0.00130. The van der Waals surface area contributed by atoms with Crippen LogP contribution in [0.4, 0.5) is 5.69 Å². The van der Waals surface area contributed by atoms with Gasteiger partial charge in [-0.3, -0.25) is 4.79 Å². The lowest BCUT2D eigenvalue weighted by atomic mass is 10.3. The Morgan fingerprint density at radius 3 is 2.05 bits per heavy atom. The molecule has 0 aliphatic heterocycles. The second-order valence-electron chi connectivity index (χ2n) is 4.75. The molecule has 5 nitrogen and oxygen atoms in total. The normalized spacial score (nSPS) is 11.4. The molecule has 124 valence electrons. The fraction of sp³-hybridized carbons (Fsp3) is 0.562. The molecular weight excluding hydrogens is 298 g/mol. The van der Waals surface area contributed by atoms with Gasteiger partial charge in [0, 0.05) is 38.0 Å². The van der Waals surface area contributed by atoms with Gasteiger partial charge >= 0.3 is 8.80 Å². The van der Waals surface area contributed by atoms with Gasteiger partial charge in [-0.15, -0.1) is 0 Å². The summed E-state index contributed by atoms with van der Waals surface area (Å²) in [6.45, 7) is 7.47. The van der Waals surface area contributed by atoms with Crippen molar-refractivity contribution in [2.45, 2.75) is 39.7 Å². The van der Waals surface area contributed by atoms with Crippen LogP contribution in [-0.2, 0) is 18.1 Å². The van der Waals surface area contributed by atoms with E-state index >= 15 is 0 Å². The van der Waals surface area contributed by atoms with Crippen molar-refractivity contribution in [3.8, 4) is 0 Å². The molecule has 1 aromatic rings. The van der Waals surface area contributed by atoms with Crippen molar-refractivity contribution in [1.29, 1.82) is 0 Å². The quantitative estimate of drug-likeness (QED) is 0.633. The van der Waals surface area contributed by atoms with E-state index < -0.39 is 8.80 Å². The minimum Gasteiger partial charge on any atom is -0.374 e. The minimum atomic E-state index is -2.63. The van der Waals surface area contributed by atoms with Crippen molar-refractivity contribution in [3.05, 3.63) is 30.3 Å². The van der Waals surface area contributed by atoms with Crippen molar-refractivity contribution in [3.63, 3.8) is 0 Å². The van der Waals surface area contributed by atoms with E-state index in [-0.39, 0.29) is 5.91 Å². The molecule has 0 aliphatic carbocycles. The molecule has 1 N–H and O–H groups in total. The molecule has 0 fully saturated rings. The zero-order valence-corrected chi connectivity index (χ0v) is 14.8. The number of anilines is 1. The van der Waals surface area contributed by atoms with Crippen LogP contribution in [-0.4, -0.2) is 34.5 Å². The van der Waals surface area contributed by atoms with Crippen LogP contribution in [0.3, 0.4) is 0 Å². The Kier molecular flexibility index (Phi) is 8.99. The fourth-order valence-electron chi connectivity index (χ4n) is 2.21. The molecule has 1 aromatic carbocycles. The third-order valence-electron chi connectivity index (χ3n) is 3.04. The van der Waals surface area contributed by atoms with Gasteiger partial charge in [-0.2, -0.15) is 0 Å². The molecule has 0 saturated heterocycles. The van der Waals surface area contributed by atoms with E-state index in [9.17, 15) is 4.79 Å². The van der Waals surface area contributed by atoms with Crippen molar-refractivity contribution in [2.75, 3.05) is 25.1 Å². The first kappa shape index (κ1) is 18.8. The topological polar surface area (TPSA) is 56.8 Å². The monoisotopic (exact) mass is 325 g/mol. The Labute approximate surface area is 134 Å². The van der Waals surface area contributed by atoms with Gasteiger partial charge in [-0.1, -0.05) is 18.2 Å². The maximum absolute atomic E-state index is 12.0. The predicted molar refractivity (Wildman–Crippen MR) is 89.7 cm³/mol. The molecule has 1 amide bonds. The average Bonchev–Trinajstić information content (AvgIpc) is 2.49. The number of amides is 1. The highest BCUT2D eigenvalue weighted by Crippen LogP contribution is 2.19. The fourth-order valence-corrected chi connectivity index (χ4v) is 4.82. The summed E-state index contributed by atoms with van der Waals surface area (Å²) < 4.78 is 17.3. The molecule has 6 heteroatoms. The second kappa shape index (κ2) is 10.5. The molecule has 0 aromatic heterocycles. The highest BCUT2D eigenvalue weighted by Gasteiger charge is 2.39. The van der Waals surface area contributed by atoms with Crippen molar-refractivity contribution in [1.82, 2.24) is 0 Å². The number of carbonyl (C=O) groups excluding carboxylic acids is 1. The first-order valence-electron chi connectivity index (χ1n) is 7.92. The number of nitrogens with one attached hydrogen (secondary N) is 1. The molecule has 1 rings (SSSR count). The Morgan fingerprint density at radius 2 is 1.55 bits per heavy atom. The second-order valence-corrected chi connectivity index (χ2v) is 7.48. The van der Waals surface area contributed by atoms with Crippen molar-refractivity contribution in [2.24, 2.45) is 0 Å². The summed E-state index contributed by atoms with van der Waals surface area (Å²) in [6.07, 6.45) is 1.11. The summed E-state index contributed by atoms with van der Waals surface area (Å²) in [5.41, 5.74) is 0.815. The van der Waals surface area contributed by atoms with Crippen LogP contribution in [0.1, 0.15) is 33.6 Å². The Hall–Kier alpha value is -1.21. The van der Waals surface area contributed by atoms with Crippen LogP contribution in [0.25, 0.3) is 0 Å². The largest absolute Gasteiger partial charge is 0.500 e. The van der Waals surface area contributed by atoms with Crippen LogP contribution < -0.4 is 5.32 Å². The van der Waals surface area contributed by atoms with Gasteiger partial charge in [0.25, 0.3) is 0 Å². The van der Waals surface area contributed by atoms with E-state index in [4.69, 9.17) is 13.3 Å². The van der Waals surface area contributed by atoms with E-state index in [1.54, 1.807) is 0 Å². The number of benzene rings is 1. The zero-order chi connectivity index (χ0) is 16.3. The molecule has 0 radical (unpaired) electrons. The number of carbonyl (C=O) groups is 1. The van der Waals surface area contributed by atoms with E-state index in [1.165, 1.54) is 0 Å². The lowest BCUT2D eigenvalue weighted by Gasteiger charge is -2.28. The number of para-hydroxylation sites is 1. The van der Waals surface area contributed by atoms with Gasteiger partial charge < -0.3 is 18.6 Å². The molecule has 0 saturated carbocycles. The van der Waals surface area contributed by atoms with Crippen molar-refractivity contribution < 1.29 is 18.1 Å². The number of rotatable bonds is 11. The Bertz CT molecular complexity index is 410. The maximum Gasteiger partial charge on any atom is 0.500 e. The van der Waals surface area contributed by atoms with Crippen molar-refractivity contribution >= 4 is 20.4 Å². The van der Waals surface area contributed by atoms with Gasteiger partial charge in [0.05, 0.1) is 0 Å². The highest BCUT2D eigenvalue weighted by atomic mass is 28.4. The van der Waals surface area contributed by atoms with Crippen LogP contribution in [0, 0.1) is 0 Å². The summed E-state index contributed by atoms with van der Waals surface area (Å²) in [7, 11) is -2.63. The Balaban J connectivity index is 2.45. The van der Waals surface area contributed by atoms with Crippen LogP contribution in [0.2, 0.25) is 6.04 Å². The maximum atomic E-state index is 12.0. The van der Waals surface area contributed by atoms with Gasteiger partial charge in [-0.25, -0.2) is 0 Å². The van der Waals surface area contributed by atoms with Crippen LogP contribution in [0.15, 0.2) is 30.3 Å². The SMILES string of the molecule is CCO[Si](CCCC(=O)Nc1ccccc1)(OCC)OCC. The minimum absolute atomic E-state index is 0.00130. The summed E-state index contributed by atoms with van der Waals surface area (Å²) in [4.78, 5) is 12.0. The predicted octanol–water partition coefficient (Wildman–Crippen LogP) is 3.45. The third-order valence-corrected chi connectivity index (χ3v) is 6.19. The first-order chi connectivity index (χ1) is 10.7. The molecular formula is C16H27NO4Si. The van der Waals surface area contributed by atoms with Crippen LogP contribution >= 0.6 is 0 Å². The molecule has 0 bridgehead atoms. The summed E-state index contributed by atoms with van der Waals surface area (Å²) in [5, 5.41) is 2.88. The summed E-state index contributed by atoms with van der Waals surface area (Å²) in [6, 6.07) is 10.1. The smallest absolute Gasteiger partial charge is 0.374 e. The van der Waals surface area contributed by atoms with Crippen LogP contribution in [0.5, 0.6) is 0 Å². The van der Waals surface area contributed by atoms with Gasteiger partial charge in [-0.05, 0) is 39.3 Å². The van der Waals surface area contributed by atoms with E-state index in [1.807, 2.05) is 51.1 Å². The lowest BCUT2D eigenvalue weighted by molar-refractivity contribution is -0.116. The molecule has 22 heavy (non-hydrogen) atoms. The average molecular weight is 325 g/mol. The summed E-state index contributed by atoms with van der Waals surface area (Å²) >= 11 is 0. The molecule has 0 aliphatic rings. The Morgan fingerprint density at radius 1 is 1.00 bits per heavy atom. The van der Waals surface area contributed by atoms with Gasteiger partial charge in [0.2, 0.25) is 5.91 Å². The van der Waals surface area contributed by atoms with E-state index in [0.717, 1.165) is 5.69 Å². The number of hydrogen-bond acceptors (Lipinski definition) is 4. The molecule has 0 spiro atoms. The highest BCUT2D eigenvalue weighted by molar-refractivity contribution is 6.60. The molecule has 0 atom stereocenters. The number of hydrogen-bond donors (Lipinski definition) is 1. The standard InChI is InChI=1S/C16H27NO4Si/c1-4-19-22(20-5-2,21-6-3)14-10-13-16(18)17-15-11-8-7-9-12-15/h7-9,11-12H,4-6,10,13-14H2,1-3H3,(H,17,18).